The number of aromatic nitrogens is 3. The van der Waals surface area contributed by atoms with E-state index in [0.29, 0.717) is 11.4 Å². The summed E-state index contributed by atoms with van der Waals surface area (Å²) in [5, 5.41) is 6.83. The van der Waals surface area contributed by atoms with E-state index in [1.807, 2.05) is 18.2 Å². The zero-order valence-corrected chi connectivity index (χ0v) is 15.2. The molecule has 138 valence electrons. The van der Waals surface area contributed by atoms with Gasteiger partial charge in [-0.3, -0.25) is 9.48 Å². The number of rotatable bonds is 4. The predicted octanol–water partition coefficient (Wildman–Crippen LogP) is 2.92. The zero-order chi connectivity index (χ0) is 18.8. The van der Waals surface area contributed by atoms with Gasteiger partial charge in [-0.1, -0.05) is 12.1 Å². The van der Waals surface area contributed by atoms with Crippen LogP contribution in [-0.2, 0) is 7.05 Å². The van der Waals surface area contributed by atoms with Crippen LogP contribution in [-0.4, -0.2) is 33.8 Å². The van der Waals surface area contributed by atoms with Gasteiger partial charge in [0.15, 0.2) is 5.69 Å². The number of carbonyl (C=O) groups excluding carboxylic acids is 1. The van der Waals surface area contributed by atoms with Crippen molar-refractivity contribution >= 4 is 23.0 Å². The van der Waals surface area contributed by atoms with Crippen LogP contribution in [0.15, 0.2) is 48.8 Å². The van der Waals surface area contributed by atoms with Crippen molar-refractivity contribution in [1.29, 1.82) is 0 Å². The summed E-state index contributed by atoms with van der Waals surface area (Å²) in [5.41, 5.74) is 10.0. The number of anilines is 3. The quantitative estimate of drug-likeness (QED) is 0.745. The molecule has 0 unspecified atom stereocenters. The Kier molecular flexibility index (Phi) is 4.50. The van der Waals surface area contributed by atoms with Crippen molar-refractivity contribution < 1.29 is 4.79 Å². The Morgan fingerprint density at radius 2 is 2.00 bits per heavy atom. The Balaban J connectivity index is 1.62. The number of hydrogen-bond acceptors (Lipinski definition) is 5. The van der Waals surface area contributed by atoms with E-state index in [2.05, 4.69) is 32.4 Å². The van der Waals surface area contributed by atoms with Crippen molar-refractivity contribution in [2.45, 2.75) is 12.8 Å². The number of pyridine rings is 1. The third-order valence-corrected chi connectivity index (χ3v) is 4.72. The van der Waals surface area contributed by atoms with Crippen molar-refractivity contribution in [3.63, 3.8) is 0 Å². The van der Waals surface area contributed by atoms with Crippen LogP contribution in [0.3, 0.4) is 0 Å². The lowest BCUT2D eigenvalue weighted by Crippen LogP contribution is -2.17. The molecule has 1 aliphatic rings. The Labute approximate surface area is 157 Å². The second-order valence-corrected chi connectivity index (χ2v) is 6.74. The topological polar surface area (TPSA) is 89.1 Å². The summed E-state index contributed by atoms with van der Waals surface area (Å²) in [5.74, 6) is -0.349. The minimum atomic E-state index is -0.349. The lowest BCUT2D eigenvalue weighted by atomic mass is 10.1. The van der Waals surface area contributed by atoms with E-state index in [1.54, 1.807) is 30.2 Å². The van der Waals surface area contributed by atoms with Crippen LogP contribution >= 0.6 is 0 Å². The highest BCUT2D eigenvalue weighted by Gasteiger charge is 2.16. The Morgan fingerprint density at radius 1 is 1.19 bits per heavy atom. The standard InChI is InChI=1S/C20H22N6O/c1-25-13-15(12-22-25)23-20(27)19-17(21)7-8-18(24-19)14-5-4-6-16(11-14)26-9-2-3-10-26/h4-8,11-13H,2-3,9-10,21H2,1H3,(H,23,27). The summed E-state index contributed by atoms with van der Waals surface area (Å²) in [4.78, 5) is 19.5. The number of carbonyl (C=O) groups is 1. The summed E-state index contributed by atoms with van der Waals surface area (Å²) in [6.07, 6.45) is 5.75. The fraction of sp³-hybridized carbons (Fsp3) is 0.250. The van der Waals surface area contributed by atoms with Gasteiger partial charge in [0.05, 0.1) is 23.3 Å². The monoisotopic (exact) mass is 362 g/mol. The lowest BCUT2D eigenvalue weighted by molar-refractivity contribution is 0.102. The molecule has 1 aromatic carbocycles. The molecule has 0 saturated carbocycles. The molecule has 1 aliphatic heterocycles. The molecule has 1 fully saturated rings. The summed E-state index contributed by atoms with van der Waals surface area (Å²) in [6, 6.07) is 11.8. The third-order valence-electron chi connectivity index (χ3n) is 4.72. The number of hydrogen-bond donors (Lipinski definition) is 2. The molecule has 2 aromatic heterocycles. The highest BCUT2D eigenvalue weighted by molar-refractivity contribution is 6.06. The predicted molar refractivity (Wildman–Crippen MR) is 107 cm³/mol. The smallest absolute Gasteiger partial charge is 0.276 e. The number of amides is 1. The molecule has 4 rings (SSSR count). The minimum absolute atomic E-state index is 0.211. The van der Waals surface area contributed by atoms with Crippen LogP contribution in [0.25, 0.3) is 11.3 Å². The first-order valence-corrected chi connectivity index (χ1v) is 9.02. The normalized spacial score (nSPS) is 13.7. The van der Waals surface area contributed by atoms with Crippen LogP contribution in [0.4, 0.5) is 17.1 Å². The zero-order valence-electron chi connectivity index (χ0n) is 15.2. The maximum Gasteiger partial charge on any atom is 0.276 e. The fourth-order valence-corrected chi connectivity index (χ4v) is 3.33. The van der Waals surface area contributed by atoms with Crippen molar-refractivity contribution in [2.75, 3.05) is 29.0 Å². The van der Waals surface area contributed by atoms with Gasteiger partial charge in [-0.25, -0.2) is 4.98 Å². The largest absolute Gasteiger partial charge is 0.397 e. The average molecular weight is 362 g/mol. The molecule has 0 aliphatic carbocycles. The molecule has 0 radical (unpaired) electrons. The fourth-order valence-electron chi connectivity index (χ4n) is 3.33. The first-order valence-electron chi connectivity index (χ1n) is 9.02. The highest BCUT2D eigenvalue weighted by atomic mass is 16.1. The van der Waals surface area contributed by atoms with Gasteiger partial charge in [0.2, 0.25) is 0 Å². The lowest BCUT2D eigenvalue weighted by Gasteiger charge is -2.18. The van der Waals surface area contributed by atoms with Gasteiger partial charge in [-0.2, -0.15) is 5.10 Å². The van der Waals surface area contributed by atoms with E-state index in [-0.39, 0.29) is 11.6 Å². The Bertz CT molecular complexity index is 974. The van der Waals surface area contributed by atoms with Crippen LogP contribution in [0, 0.1) is 0 Å². The van der Waals surface area contributed by atoms with Crippen LogP contribution in [0.2, 0.25) is 0 Å². The van der Waals surface area contributed by atoms with Crippen molar-refractivity contribution in [3.05, 3.63) is 54.5 Å². The van der Waals surface area contributed by atoms with E-state index in [0.717, 1.165) is 24.3 Å². The van der Waals surface area contributed by atoms with E-state index in [4.69, 9.17) is 5.73 Å². The molecular formula is C20H22N6O. The van der Waals surface area contributed by atoms with Gasteiger partial charge in [0.1, 0.15) is 0 Å². The van der Waals surface area contributed by atoms with E-state index in [9.17, 15) is 4.79 Å². The van der Waals surface area contributed by atoms with Gasteiger partial charge in [0.25, 0.3) is 5.91 Å². The molecule has 0 atom stereocenters. The number of nitrogens with two attached hydrogens (primary N) is 1. The molecular weight excluding hydrogens is 340 g/mol. The molecule has 3 aromatic rings. The van der Waals surface area contributed by atoms with Gasteiger partial charge in [-0.05, 0) is 37.1 Å². The van der Waals surface area contributed by atoms with E-state index < -0.39 is 0 Å². The first-order chi connectivity index (χ1) is 13.1. The van der Waals surface area contributed by atoms with E-state index in [1.165, 1.54) is 18.5 Å². The van der Waals surface area contributed by atoms with Gasteiger partial charge in [0, 0.05) is 37.6 Å². The van der Waals surface area contributed by atoms with Crippen molar-refractivity contribution in [1.82, 2.24) is 14.8 Å². The summed E-state index contributed by atoms with van der Waals surface area (Å²) in [6.45, 7) is 2.16. The maximum atomic E-state index is 12.6. The molecule has 0 bridgehead atoms. The molecule has 7 heteroatoms. The Hall–Kier alpha value is -3.35. The number of benzene rings is 1. The summed E-state index contributed by atoms with van der Waals surface area (Å²) < 4.78 is 1.62. The second-order valence-electron chi connectivity index (χ2n) is 6.74. The molecule has 1 amide bonds. The number of nitrogen functional groups attached to an aromatic ring is 1. The van der Waals surface area contributed by atoms with Crippen LogP contribution in [0.5, 0.6) is 0 Å². The second kappa shape index (κ2) is 7.11. The van der Waals surface area contributed by atoms with E-state index >= 15 is 0 Å². The van der Waals surface area contributed by atoms with Crippen LogP contribution in [0.1, 0.15) is 23.3 Å². The number of nitrogens with zero attached hydrogens (tertiary/aromatic N) is 4. The average Bonchev–Trinajstić information content (AvgIpc) is 3.34. The molecule has 0 spiro atoms. The molecule has 7 nitrogen and oxygen atoms in total. The van der Waals surface area contributed by atoms with Gasteiger partial charge < -0.3 is 16.0 Å². The van der Waals surface area contributed by atoms with Crippen molar-refractivity contribution in [2.24, 2.45) is 7.05 Å². The first kappa shape index (κ1) is 17.1. The minimum Gasteiger partial charge on any atom is -0.397 e. The maximum absolute atomic E-state index is 12.6. The molecule has 3 N–H and O–H groups in total. The van der Waals surface area contributed by atoms with Gasteiger partial charge in [-0.15, -0.1) is 0 Å². The summed E-state index contributed by atoms with van der Waals surface area (Å²) >= 11 is 0. The number of nitrogens with one attached hydrogen (secondary N) is 1. The molecule has 27 heavy (non-hydrogen) atoms. The highest BCUT2D eigenvalue weighted by Crippen LogP contribution is 2.27. The van der Waals surface area contributed by atoms with Crippen molar-refractivity contribution in [3.8, 4) is 11.3 Å². The SMILES string of the molecule is Cn1cc(NC(=O)c2nc(-c3cccc(N4CCCC4)c3)ccc2N)cn1. The van der Waals surface area contributed by atoms with Gasteiger partial charge >= 0.3 is 0 Å². The van der Waals surface area contributed by atoms with Crippen LogP contribution < -0.4 is 16.0 Å². The summed E-state index contributed by atoms with van der Waals surface area (Å²) in [7, 11) is 1.79. The Morgan fingerprint density at radius 3 is 2.74 bits per heavy atom. The molecule has 3 heterocycles. The third kappa shape index (κ3) is 3.62. The number of aryl methyl sites for hydroxylation is 1. The molecule has 1 saturated heterocycles.